The molecule has 0 radical (unpaired) electrons. The van der Waals surface area contributed by atoms with Gasteiger partial charge in [-0.3, -0.25) is 24.0 Å². The lowest BCUT2D eigenvalue weighted by Gasteiger charge is -2.28. The van der Waals surface area contributed by atoms with Crippen molar-refractivity contribution in [3.05, 3.63) is 0 Å². The van der Waals surface area contributed by atoms with Crippen molar-refractivity contribution >= 4 is 52.5 Å². The average Bonchev–Trinajstić information content (AvgIpc) is 3.16. The van der Waals surface area contributed by atoms with Gasteiger partial charge in [-0.1, -0.05) is 46.8 Å². The molecule has 40 heavy (non-hydrogen) atoms. The number of nitrogens with zero attached hydrogens (tertiary/aromatic N) is 1. The molecule has 226 valence electrons. The Bertz CT molecular complexity index is 928. The number of imide groups is 1. The molecule has 1 rings (SSSR count). The monoisotopic (exact) mass is 583 g/mol. The van der Waals surface area contributed by atoms with Crippen molar-refractivity contribution in [1.82, 2.24) is 15.7 Å². The minimum atomic E-state index is -0.719. The van der Waals surface area contributed by atoms with Crippen LogP contribution < -0.4 is 10.6 Å². The van der Waals surface area contributed by atoms with Gasteiger partial charge in [0.25, 0.3) is 11.8 Å². The molecular formula is C28H45N3O8S. The van der Waals surface area contributed by atoms with Crippen LogP contribution in [0.25, 0.3) is 0 Å². The van der Waals surface area contributed by atoms with Crippen LogP contribution in [0.15, 0.2) is 0 Å². The first-order valence-electron chi connectivity index (χ1n) is 13.9. The van der Waals surface area contributed by atoms with Gasteiger partial charge in [0, 0.05) is 44.2 Å². The highest BCUT2D eigenvalue weighted by Gasteiger charge is 2.34. The van der Waals surface area contributed by atoms with E-state index in [1.54, 1.807) is 0 Å². The number of hydrogen-bond donors (Lipinski definition) is 2. The Morgan fingerprint density at radius 1 is 1.00 bits per heavy atom. The van der Waals surface area contributed by atoms with E-state index in [1.165, 1.54) is 6.92 Å². The summed E-state index contributed by atoms with van der Waals surface area (Å²) in [6.07, 6.45) is 2.50. The fourth-order valence-electron chi connectivity index (χ4n) is 4.05. The molecule has 11 nitrogen and oxygen atoms in total. The van der Waals surface area contributed by atoms with Gasteiger partial charge in [-0.05, 0) is 42.9 Å². The maximum Gasteiger partial charge on any atom is 0.335 e. The first-order valence-corrected chi connectivity index (χ1v) is 14.3. The fraction of sp³-hybridized carbons (Fsp3) is 0.750. The van der Waals surface area contributed by atoms with Gasteiger partial charge < -0.3 is 20.2 Å². The van der Waals surface area contributed by atoms with Crippen molar-refractivity contribution in [1.29, 1.82) is 0 Å². The first kappa shape index (κ1) is 35.3. The summed E-state index contributed by atoms with van der Waals surface area (Å²) in [5, 5.41) is 6.17. The topological polar surface area (TPSA) is 148 Å². The molecule has 0 spiro atoms. The smallest absolute Gasteiger partial charge is 0.335 e. The third-order valence-electron chi connectivity index (χ3n) is 6.40. The molecular weight excluding hydrogens is 538 g/mol. The van der Waals surface area contributed by atoms with Gasteiger partial charge in [0.15, 0.2) is 5.78 Å². The van der Waals surface area contributed by atoms with Gasteiger partial charge >= 0.3 is 5.97 Å². The molecule has 0 saturated carbocycles. The molecule has 0 aliphatic carbocycles. The van der Waals surface area contributed by atoms with E-state index in [9.17, 15) is 28.8 Å². The van der Waals surface area contributed by atoms with Crippen molar-refractivity contribution < 1.29 is 38.3 Å². The molecule has 1 aliphatic rings. The largest absolute Gasteiger partial charge is 0.381 e. The molecule has 0 aromatic heterocycles. The summed E-state index contributed by atoms with van der Waals surface area (Å²) in [6, 6.07) is -0.655. The molecule has 0 aromatic rings. The Kier molecular flexibility index (Phi) is 15.1. The van der Waals surface area contributed by atoms with Crippen LogP contribution in [0.4, 0.5) is 0 Å². The summed E-state index contributed by atoms with van der Waals surface area (Å²) in [6.45, 7) is 11.6. The lowest BCUT2D eigenvalue weighted by Crippen LogP contribution is -2.48. The SMILES string of the molecule is CC(=O)NCCC[C@H](NC(=O)[C@@H](CC(=S)CCCOCCC(=O)ON1C(=O)CCC1=O)C(C)C)C(=O)C(C)(C)C. The molecule has 2 N–H and O–H groups in total. The van der Waals surface area contributed by atoms with E-state index in [4.69, 9.17) is 21.8 Å². The summed E-state index contributed by atoms with van der Waals surface area (Å²) in [7, 11) is 0. The zero-order valence-corrected chi connectivity index (χ0v) is 25.4. The second-order valence-corrected chi connectivity index (χ2v) is 12.0. The first-order chi connectivity index (χ1) is 18.6. The van der Waals surface area contributed by atoms with Gasteiger partial charge in [0.05, 0.1) is 19.1 Å². The minimum Gasteiger partial charge on any atom is -0.381 e. The third kappa shape index (κ3) is 13.1. The number of Topliss-reactive ketones (excluding diaryl/α,β-unsaturated/α-hetero) is 1. The highest BCUT2D eigenvalue weighted by molar-refractivity contribution is 7.80. The van der Waals surface area contributed by atoms with Crippen LogP contribution in [0.2, 0.25) is 0 Å². The van der Waals surface area contributed by atoms with Crippen molar-refractivity contribution in [3.8, 4) is 0 Å². The Morgan fingerprint density at radius 2 is 1.62 bits per heavy atom. The van der Waals surface area contributed by atoms with Gasteiger partial charge in [-0.2, -0.15) is 0 Å². The van der Waals surface area contributed by atoms with Crippen LogP contribution in [0, 0.1) is 17.3 Å². The predicted molar refractivity (Wildman–Crippen MR) is 152 cm³/mol. The summed E-state index contributed by atoms with van der Waals surface area (Å²) in [5.41, 5.74) is -0.631. The highest BCUT2D eigenvalue weighted by atomic mass is 32.1. The second kappa shape index (κ2) is 17.2. The van der Waals surface area contributed by atoms with Gasteiger partial charge in [-0.15, -0.1) is 5.06 Å². The van der Waals surface area contributed by atoms with E-state index < -0.39 is 35.2 Å². The third-order valence-corrected chi connectivity index (χ3v) is 6.77. The number of thiocarbonyl (C=S) groups is 1. The number of hydrogen-bond acceptors (Lipinski definition) is 9. The summed E-state index contributed by atoms with van der Waals surface area (Å²) < 4.78 is 5.45. The van der Waals surface area contributed by atoms with Crippen LogP contribution >= 0.6 is 12.2 Å². The van der Waals surface area contributed by atoms with Crippen molar-refractivity contribution in [2.24, 2.45) is 17.3 Å². The normalized spacial score (nSPS) is 15.1. The lowest BCUT2D eigenvalue weighted by molar-refractivity contribution is -0.198. The molecule has 2 atom stereocenters. The van der Waals surface area contributed by atoms with Crippen LogP contribution in [-0.4, -0.2) is 71.1 Å². The number of hydroxylamine groups is 2. The van der Waals surface area contributed by atoms with Crippen molar-refractivity contribution in [2.75, 3.05) is 19.8 Å². The van der Waals surface area contributed by atoms with E-state index in [-0.39, 0.29) is 49.4 Å². The van der Waals surface area contributed by atoms with E-state index in [2.05, 4.69) is 10.6 Å². The number of ketones is 1. The number of rotatable bonds is 18. The number of carbonyl (C=O) groups excluding carboxylic acids is 6. The molecule has 0 bridgehead atoms. The molecule has 1 saturated heterocycles. The molecule has 1 heterocycles. The number of amides is 4. The summed E-state index contributed by atoms with van der Waals surface area (Å²) >= 11 is 5.54. The predicted octanol–water partition coefficient (Wildman–Crippen LogP) is 2.83. The zero-order chi connectivity index (χ0) is 30.5. The lowest BCUT2D eigenvalue weighted by atomic mass is 9.83. The van der Waals surface area contributed by atoms with Crippen LogP contribution in [-0.2, 0) is 38.3 Å². The highest BCUT2D eigenvalue weighted by Crippen LogP contribution is 2.22. The minimum absolute atomic E-state index is 0.000601. The Balaban J connectivity index is 2.49. The quantitative estimate of drug-likeness (QED) is 0.141. The van der Waals surface area contributed by atoms with Gasteiger partial charge in [0.2, 0.25) is 11.8 Å². The van der Waals surface area contributed by atoms with Crippen LogP contribution in [0.1, 0.15) is 92.9 Å². The summed E-state index contributed by atoms with van der Waals surface area (Å²) in [4.78, 5) is 77.7. The van der Waals surface area contributed by atoms with Gasteiger partial charge in [-0.25, -0.2) is 4.79 Å². The molecule has 0 unspecified atom stereocenters. The number of nitrogens with one attached hydrogen (secondary N) is 2. The number of carbonyl (C=O) groups is 6. The van der Waals surface area contributed by atoms with Gasteiger partial charge in [0.1, 0.15) is 0 Å². The standard InChI is InChI=1S/C28H45N3O8S/c1-18(2)21(27(37)30-22(26(36)28(4,5)6)10-7-14-29-19(3)32)17-20(40)9-8-15-38-16-13-25(35)39-31-23(33)11-12-24(31)34/h18,21-22H,7-17H2,1-6H3,(H,29,32)(H,30,37)/t21-,22-/m0/s1. The van der Waals surface area contributed by atoms with Crippen LogP contribution in [0.3, 0.4) is 0 Å². The zero-order valence-electron chi connectivity index (χ0n) is 24.6. The van der Waals surface area contributed by atoms with Crippen molar-refractivity contribution in [2.45, 2.75) is 99.0 Å². The molecule has 1 aliphatic heterocycles. The Labute approximate surface area is 242 Å². The second-order valence-electron chi connectivity index (χ2n) is 11.4. The number of ether oxygens (including phenoxy) is 1. The van der Waals surface area contributed by atoms with Crippen LogP contribution in [0.5, 0.6) is 0 Å². The molecule has 12 heteroatoms. The maximum atomic E-state index is 13.2. The van der Waals surface area contributed by atoms with E-state index in [1.807, 2.05) is 34.6 Å². The Hall–Kier alpha value is -2.73. The van der Waals surface area contributed by atoms with Crippen molar-refractivity contribution in [3.63, 3.8) is 0 Å². The Morgan fingerprint density at radius 3 is 2.17 bits per heavy atom. The molecule has 4 amide bonds. The molecule has 0 aromatic carbocycles. The fourth-order valence-corrected chi connectivity index (χ4v) is 4.38. The van der Waals surface area contributed by atoms with E-state index in [0.29, 0.717) is 55.2 Å². The van der Waals surface area contributed by atoms with E-state index >= 15 is 0 Å². The average molecular weight is 584 g/mol. The maximum absolute atomic E-state index is 13.2. The van der Waals surface area contributed by atoms with E-state index in [0.717, 1.165) is 0 Å². The molecule has 1 fully saturated rings. The summed E-state index contributed by atoms with van der Waals surface area (Å²) in [5.74, 6) is -2.60.